The van der Waals surface area contributed by atoms with Gasteiger partial charge in [-0.1, -0.05) is 36.4 Å². The van der Waals surface area contributed by atoms with Crippen molar-refractivity contribution in [3.63, 3.8) is 0 Å². The third-order valence-corrected chi connectivity index (χ3v) is 4.25. The summed E-state index contributed by atoms with van der Waals surface area (Å²) in [6, 6.07) is 17.4. The van der Waals surface area contributed by atoms with Crippen LogP contribution >= 0.6 is 0 Å². The summed E-state index contributed by atoms with van der Waals surface area (Å²) in [5, 5.41) is 4.15. The number of aromatic nitrogens is 2. The van der Waals surface area contributed by atoms with Crippen molar-refractivity contribution in [1.82, 2.24) is 14.8 Å². The van der Waals surface area contributed by atoms with E-state index in [0.717, 1.165) is 22.6 Å². The van der Waals surface area contributed by atoms with Gasteiger partial charge in [0.1, 0.15) is 17.2 Å². The van der Waals surface area contributed by atoms with Crippen molar-refractivity contribution in [2.24, 2.45) is 5.10 Å². The van der Waals surface area contributed by atoms with Gasteiger partial charge in [-0.25, -0.2) is 10.4 Å². The maximum absolute atomic E-state index is 12.3. The fraction of sp³-hybridized carbons (Fsp3) is 0.0952. The van der Waals surface area contributed by atoms with Crippen molar-refractivity contribution in [3.8, 4) is 11.3 Å². The number of rotatable bonds is 4. The molecule has 0 radical (unpaired) electrons. The van der Waals surface area contributed by atoms with Gasteiger partial charge in [0.2, 0.25) is 0 Å². The Bertz CT molecular complexity index is 1140. The molecular weight excluding hydrogens is 340 g/mol. The molecule has 1 aromatic carbocycles. The molecule has 0 atom stereocenters. The fourth-order valence-electron chi connectivity index (χ4n) is 3.02. The second kappa shape index (κ2) is 6.92. The zero-order valence-corrected chi connectivity index (χ0v) is 15.0. The minimum atomic E-state index is -0.310. The molecular formula is C21H18N4O2. The second-order valence-corrected chi connectivity index (χ2v) is 6.17. The molecule has 4 rings (SSSR count). The van der Waals surface area contributed by atoms with Crippen LogP contribution in [0.3, 0.4) is 0 Å². The smallest absolute Gasteiger partial charge is 0.274 e. The molecule has 0 aliphatic rings. The highest BCUT2D eigenvalue weighted by Gasteiger charge is 2.14. The normalized spacial score (nSPS) is 11.3. The molecule has 134 valence electrons. The molecule has 6 heteroatoms. The summed E-state index contributed by atoms with van der Waals surface area (Å²) in [5.41, 5.74) is 6.42. The summed E-state index contributed by atoms with van der Waals surface area (Å²) in [6.07, 6.45) is 3.53. The van der Waals surface area contributed by atoms with Crippen LogP contribution in [0, 0.1) is 13.8 Å². The lowest BCUT2D eigenvalue weighted by molar-refractivity contribution is 0.0953. The van der Waals surface area contributed by atoms with Crippen LogP contribution < -0.4 is 5.43 Å². The molecule has 0 saturated heterocycles. The van der Waals surface area contributed by atoms with Crippen molar-refractivity contribution in [2.75, 3.05) is 0 Å². The summed E-state index contributed by atoms with van der Waals surface area (Å²) in [5.74, 6) is 0.949. The molecule has 0 spiro atoms. The minimum absolute atomic E-state index is 0.310. The number of hydrazone groups is 1. The van der Waals surface area contributed by atoms with Gasteiger partial charge in [-0.15, -0.1) is 0 Å². The number of nitrogens with zero attached hydrogens (tertiary/aromatic N) is 3. The standard InChI is InChI=1S/C21H18N4O2/c1-14-12-17(15(2)27-14)21(26)24-22-13-18-20(16-8-4-3-5-9-16)23-19-10-6-7-11-25(18)19/h3-13H,1-2H3,(H,24,26). The number of benzene rings is 1. The molecule has 3 heterocycles. The lowest BCUT2D eigenvalue weighted by Crippen LogP contribution is -2.18. The van der Waals surface area contributed by atoms with E-state index in [1.165, 1.54) is 0 Å². The highest BCUT2D eigenvalue weighted by Crippen LogP contribution is 2.23. The number of amides is 1. The van der Waals surface area contributed by atoms with Crippen LogP contribution in [0.5, 0.6) is 0 Å². The Morgan fingerprint density at radius 2 is 1.93 bits per heavy atom. The molecule has 0 fully saturated rings. The van der Waals surface area contributed by atoms with Crippen molar-refractivity contribution < 1.29 is 9.21 Å². The average molecular weight is 358 g/mol. The van der Waals surface area contributed by atoms with E-state index in [2.05, 4.69) is 10.5 Å². The first-order valence-corrected chi connectivity index (χ1v) is 8.56. The van der Waals surface area contributed by atoms with E-state index in [-0.39, 0.29) is 5.91 Å². The minimum Gasteiger partial charge on any atom is -0.466 e. The zero-order valence-electron chi connectivity index (χ0n) is 15.0. The highest BCUT2D eigenvalue weighted by molar-refractivity contribution is 5.96. The van der Waals surface area contributed by atoms with E-state index in [1.807, 2.05) is 59.1 Å². The number of hydrogen-bond donors (Lipinski definition) is 1. The second-order valence-electron chi connectivity index (χ2n) is 6.17. The summed E-state index contributed by atoms with van der Waals surface area (Å²) < 4.78 is 7.33. The van der Waals surface area contributed by atoms with Crippen molar-refractivity contribution in [2.45, 2.75) is 13.8 Å². The van der Waals surface area contributed by atoms with E-state index in [0.29, 0.717) is 17.1 Å². The molecule has 0 unspecified atom stereocenters. The van der Waals surface area contributed by atoms with Crippen LogP contribution in [0.15, 0.2) is 70.3 Å². The van der Waals surface area contributed by atoms with Gasteiger partial charge in [-0.3, -0.25) is 9.20 Å². The van der Waals surface area contributed by atoms with Gasteiger partial charge >= 0.3 is 0 Å². The first kappa shape index (κ1) is 16.8. The van der Waals surface area contributed by atoms with Crippen LogP contribution in [-0.2, 0) is 0 Å². The van der Waals surface area contributed by atoms with E-state index >= 15 is 0 Å². The van der Waals surface area contributed by atoms with E-state index in [4.69, 9.17) is 9.40 Å². The van der Waals surface area contributed by atoms with Crippen molar-refractivity contribution in [1.29, 1.82) is 0 Å². The number of aryl methyl sites for hydroxylation is 2. The van der Waals surface area contributed by atoms with Crippen LogP contribution in [0.4, 0.5) is 0 Å². The summed E-state index contributed by atoms with van der Waals surface area (Å²) in [7, 11) is 0. The van der Waals surface area contributed by atoms with Gasteiger partial charge in [0.15, 0.2) is 0 Å². The Morgan fingerprint density at radius 3 is 2.67 bits per heavy atom. The summed E-state index contributed by atoms with van der Waals surface area (Å²) >= 11 is 0. The van der Waals surface area contributed by atoms with Gasteiger partial charge in [0, 0.05) is 11.8 Å². The molecule has 1 N–H and O–H groups in total. The third kappa shape index (κ3) is 3.25. The topological polar surface area (TPSA) is 71.9 Å². The highest BCUT2D eigenvalue weighted by atomic mass is 16.3. The Kier molecular flexibility index (Phi) is 4.30. The maximum Gasteiger partial charge on any atom is 0.274 e. The molecule has 0 aliphatic heterocycles. The lowest BCUT2D eigenvalue weighted by atomic mass is 10.1. The molecule has 0 aliphatic carbocycles. The van der Waals surface area contributed by atoms with Gasteiger partial charge in [-0.2, -0.15) is 5.10 Å². The van der Waals surface area contributed by atoms with Gasteiger partial charge in [0.25, 0.3) is 5.91 Å². The quantitative estimate of drug-likeness (QED) is 0.443. The average Bonchev–Trinajstić information content (AvgIpc) is 3.22. The number of fused-ring (bicyclic) bond motifs is 1. The van der Waals surface area contributed by atoms with E-state index in [9.17, 15) is 4.79 Å². The van der Waals surface area contributed by atoms with E-state index < -0.39 is 0 Å². The largest absolute Gasteiger partial charge is 0.466 e. The number of carbonyl (C=O) groups is 1. The number of carbonyl (C=O) groups excluding carboxylic acids is 1. The third-order valence-electron chi connectivity index (χ3n) is 4.25. The van der Waals surface area contributed by atoms with Crippen LogP contribution in [0.25, 0.3) is 16.9 Å². The summed E-state index contributed by atoms with van der Waals surface area (Å²) in [4.78, 5) is 17.0. The first-order chi connectivity index (χ1) is 13.1. The molecule has 4 aromatic rings. The zero-order chi connectivity index (χ0) is 18.8. The summed E-state index contributed by atoms with van der Waals surface area (Å²) in [6.45, 7) is 3.56. The number of hydrogen-bond acceptors (Lipinski definition) is 4. The number of furan rings is 1. The molecule has 6 nitrogen and oxygen atoms in total. The van der Waals surface area contributed by atoms with Gasteiger partial charge in [0.05, 0.1) is 23.2 Å². The van der Waals surface area contributed by atoms with Gasteiger partial charge < -0.3 is 4.42 Å². The Morgan fingerprint density at radius 1 is 1.15 bits per heavy atom. The van der Waals surface area contributed by atoms with Gasteiger partial charge in [-0.05, 0) is 32.0 Å². The predicted molar refractivity (Wildman–Crippen MR) is 104 cm³/mol. The van der Waals surface area contributed by atoms with Crippen molar-refractivity contribution in [3.05, 3.63) is 83.6 Å². The number of imidazole rings is 1. The monoisotopic (exact) mass is 358 g/mol. The number of nitrogens with one attached hydrogen (secondary N) is 1. The molecule has 1 amide bonds. The fourth-order valence-corrected chi connectivity index (χ4v) is 3.02. The maximum atomic E-state index is 12.3. The van der Waals surface area contributed by atoms with E-state index in [1.54, 1.807) is 26.1 Å². The molecule has 27 heavy (non-hydrogen) atoms. The van der Waals surface area contributed by atoms with Crippen LogP contribution in [-0.4, -0.2) is 21.5 Å². The van der Waals surface area contributed by atoms with Crippen LogP contribution in [0.2, 0.25) is 0 Å². The number of pyridine rings is 1. The first-order valence-electron chi connectivity index (χ1n) is 8.56. The Labute approximate surface area is 156 Å². The Balaban J connectivity index is 1.68. The lowest BCUT2D eigenvalue weighted by Gasteiger charge is -2.01. The molecule has 0 saturated carbocycles. The Hall–Kier alpha value is -3.67. The predicted octanol–water partition coefficient (Wildman–Crippen LogP) is 3.98. The SMILES string of the molecule is Cc1cc(C(=O)NN=Cc2c(-c3ccccc3)nc3ccccn23)c(C)o1. The van der Waals surface area contributed by atoms with Crippen molar-refractivity contribution >= 4 is 17.8 Å². The van der Waals surface area contributed by atoms with Crippen LogP contribution in [0.1, 0.15) is 27.6 Å². The molecule has 0 bridgehead atoms. The molecule has 3 aromatic heterocycles.